The predicted molar refractivity (Wildman–Crippen MR) is 82.7 cm³/mol. The van der Waals surface area contributed by atoms with Crippen molar-refractivity contribution >= 4 is 40.3 Å². The van der Waals surface area contributed by atoms with Crippen LogP contribution in [0.3, 0.4) is 0 Å². The summed E-state index contributed by atoms with van der Waals surface area (Å²) < 4.78 is 37.8. The molecule has 0 saturated carbocycles. The van der Waals surface area contributed by atoms with Crippen molar-refractivity contribution in [2.24, 2.45) is 0 Å². The largest absolute Gasteiger partial charge is 0.416 e. The molecule has 7 heteroatoms. The number of nitrogens with one attached hydrogen (secondary N) is 2. The summed E-state index contributed by atoms with van der Waals surface area (Å²) in [5.74, 6) is 0. The van der Waals surface area contributed by atoms with Crippen molar-refractivity contribution in [1.82, 2.24) is 0 Å². The van der Waals surface area contributed by atoms with E-state index in [2.05, 4.69) is 10.6 Å². The van der Waals surface area contributed by atoms with Crippen molar-refractivity contribution in [1.29, 1.82) is 0 Å². The second kappa shape index (κ2) is 6.32. The van der Waals surface area contributed by atoms with Gasteiger partial charge in [0.1, 0.15) is 0 Å². The van der Waals surface area contributed by atoms with Gasteiger partial charge in [-0.1, -0.05) is 17.7 Å². The summed E-state index contributed by atoms with van der Waals surface area (Å²) in [5, 5.41) is 6.33. The van der Waals surface area contributed by atoms with E-state index in [0.29, 0.717) is 10.7 Å². The fraction of sp³-hybridized carbons (Fsp3) is 0.0714. The van der Waals surface area contributed by atoms with Crippen LogP contribution < -0.4 is 10.6 Å². The Labute approximate surface area is 129 Å². The highest BCUT2D eigenvalue weighted by atomic mass is 35.5. The van der Waals surface area contributed by atoms with Crippen LogP contribution in [0.15, 0.2) is 48.5 Å². The molecule has 2 nitrogen and oxygen atoms in total. The lowest BCUT2D eigenvalue weighted by Crippen LogP contribution is -2.19. The molecule has 0 fully saturated rings. The Morgan fingerprint density at radius 1 is 0.952 bits per heavy atom. The van der Waals surface area contributed by atoms with Gasteiger partial charge in [-0.05, 0) is 54.7 Å². The number of halogens is 4. The molecule has 0 heterocycles. The average Bonchev–Trinajstić information content (AvgIpc) is 2.41. The van der Waals surface area contributed by atoms with Crippen molar-refractivity contribution in [3.63, 3.8) is 0 Å². The third-order valence-corrected chi connectivity index (χ3v) is 3.01. The Kier molecular flexibility index (Phi) is 4.69. The van der Waals surface area contributed by atoms with E-state index < -0.39 is 11.7 Å². The highest BCUT2D eigenvalue weighted by Crippen LogP contribution is 2.30. The summed E-state index contributed by atoms with van der Waals surface area (Å²) in [6, 6.07) is 11.6. The number of alkyl halides is 3. The average molecular weight is 331 g/mol. The quantitative estimate of drug-likeness (QED) is 0.743. The fourth-order valence-corrected chi connectivity index (χ4v) is 1.96. The van der Waals surface area contributed by atoms with E-state index >= 15 is 0 Å². The highest BCUT2D eigenvalue weighted by Gasteiger charge is 2.30. The van der Waals surface area contributed by atoms with Crippen molar-refractivity contribution in [3.05, 3.63) is 59.1 Å². The summed E-state index contributed by atoms with van der Waals surface area (Å²) in [6.07, 6.45) is -4.39. The molecule has 2 aromatic rings. The Hall–Kier alpha value is -1.79. The predicted octanol–water partition coefficient (Wildman–Crippen LogP) is 5.17. The number of anilines is 2. The lowest BCUT2D eigenvalue weighted by Gasteiger charge is -2.12. The topological polar surface area (TPSA) is 24.1 Å². The minimum absolute atomic E-state index is 0.191. The van der Waals surface area contributed by atoms with Gasteiger partial charge in [-0.2, -0.15) is 13.2 Å². The van der Waals surface area contributed by atoms with Gasteiger partial charge >= 0.3 is 6.18 Å². The van der Waals surface area contributed by atoms with Crippen molar-refractivity contribution in [2.75, 3.05) is 10.6 Å². The van der Waals surface area contributed by atoms with E-state index in [1.54, 1.807) is 24.3 Å². The van der Waals surface area contributed by atoms with Crippen LogP contribution in [0.2, 0.25) is 5.02 Å². The smallest absolute Gasteiger partial charge is 0.332 e. The van der Waals surface area contributed by atoms with Crippen LogP contribution in [-0.2, 0) is 6.18 Å². The molecule has 2 aromatic carbocycles. The zero-order chi connectivity index (χ0) is 15.5. The van der Waals surface area contributed by atoms with Gasteiger partial charge in [-0.15, -0.1) is 0 Å². The lowest BCUT2D eigenvalue weighted by atomic mass is 10.2. The van der Waals surface area contributed by atoms with Gasteiger partial charge < -0.3 is 10.6 Å². The Bertz CT molecular complexity index is 641. The fourth-order valence-electron chi connectivity index (χ4n) is 1.60. The molecule has 21 heavy (non-hydrogen) atoms. The second-order valence-corrected chi connectivity index (χ2v) is 5.01. The van der Waals surface area contributed by atoms with Gasteiger partial charge in [-0.3, -0.25) is 0 Å². The van der Waals surface area contributed by atoms with Crippen LogP contribution in [0.1, 0.15) is 5.56 Å². The van der Waals surface area contributed by atoms with E-state index in [9.17, 15) is 13.2 Å². The molecular weight excluding hydrogens is 321 g/mol. The summed E-state index contributed by atoms with van der Waals surface area (Å²) in [7, 11) is 0. The maximum absolute atomic E-state index is 12.6. The molecule has 110 valence electrons. The summed E-state index contributed by atoms with van der Waals surface area (Å²) >= 11 is 10.8. The minimum Gasteiger partial charge on any atom is -0.332 e. The second-order valence-electron chi connectivity index (χ2n) is 4.16. The molecule has 0 aliphatic heterocycles. The van der Waals surface area contributed by atoms with Gasteiger partial charge in [-0.25, -0.2) is 0 Å². The van der Waals surface area contributed by atoms with Gasteiger partial charge in [0, 0.05) is 16.4 Å². The SMILES string of the molecule is FC(F)(F)c1cccc(NC(=S)Nc2ccc(Cl)cc2)c1. The maximum Gasteiger partial charge on any atom is 0.416 e. The van der Waals surface area contributed by atoms with Crippen LogP contribution in [0, 0.1) is 0 Å². The van der Waals surface area contributed by atoms with Crippen molar-refractivity contribution < 1.29 is 13.2 Å². The lowest BCUT2D eigenvalue weighted by molar-refractivity contribution is -0.137. The van der Waals surface area contributed by atoms with Crippen molar-refractivity contribution in [2.45, 2.75) is 6.18 Å². The molecule has 0 aliphatic rings. The van der Waals surface area contributed by atoms with Crippen LogP contribution in [0.25, 0.3) is 0 Å². The standard InChI is InChI=1S/C14H10ClF3N2S/c15-10-4-6-11(7-5-10)19-13(21)20-12-3-1-2-9(8-12)14(16,17)18/h1-8H,(H2,19,20,21). The van der Waals surface area contributed by atoms with Crippen LogP contribution in [0.4, 0.5) is 24.5 Å². The van der Waals surface area contributed by atoms with Gasteiger partial charge in [0.25, 0.3) is 0 Å². The van der Waals surface area contributed by atoms with E-state index in [0.717, 1.165) is 12.1 Å². The number of hydrogen-bond donors (Lipinski definition) is 2. The molecule has 0 spiro atoms. The summed E-state index contributed by atoms with van der Waals surface area (Å²) in [5.41, 5.74) is 0.210. The highest BCUT2D eigenvalue weighted by molar-refractivity contribution is 7.80. The minimum atomic E-state index is -4.39. The van der Waals surface area contributed by atoms with E-state index in [4.69, 9.17) is 23.8 Å². The first-order valence-corrected chi connectivity index (χ1v) is 6.64. The first-order chi connectivity index (χ1) is 9.84. The molecule has 0 saturated heterocycles. The number of hydrogen-bond acceptors (Lipinski definition) is 1. The number of thiocarbonyl (C=S) groups is 1. The van der Waals surface area contributed by atoms with E-state index in [-0.39, 0.29) is 10.8 Å². The Morgan fingerprint density at radius 3 is 2.19 bits per heavy atom. The normalized spacial score (nSPS) is 11.0. The molecule has 0 atom stereocenters. The monoisotopic (exact) mass is 330 g/mol. The maximum atomic E-state index is 12.6. The molecule has 0 aliphatic carbocycles. The first-order valence-electron chi connectivity index (χ1n) is 5.85. The molecular formula is C14H10ClF3N2S. The molecule has 0 amide bonds. The number of rotatable bonds is 2. The zero-order valence-electron chi connectivity index (χ0n) is 10.5. The van der Waals surface area contributed by atoms with Crippen molar-refractivity contribution in [3.8, 4) is 0 Å². The summed E-state index contributed by atoms with van der Waals surface area (Å²) in [4.78, 5) is 0. The molecule has 0 bridgehead atoms. The van der Waals surface area contributed by atoms with Gasteiger partial charge in [0.15, 0.2) is 5.11 Å². The van der Waals surface area contributed by atoms with E-state index in [1.165, 1.54) is 12.1 Å². The van der Waals surface area contributed by atoms with Crippen LogP contribution >= 0.6 is 23.8 Å². The molecule has 2 N–H and O–H groups in total. The van der Waals surface area contributed by atoms with E-state index in [1.807, 2.05) is 0 Å². The summed E-state index contributed by atoms with van der Waals surface area (Å²) in [6.45, 7) is 0. The Balaban J connectivity index is 2.04. The first kappa shape index (κ1) is 15.6. The third kappa shape index (κ3) is 4.61. The molecule has 0 aromatic heterocycles. The number of benzene rings is 2. The van der Waals surface area contributed by atoms with Crippen LogP contribution in [-0.4, -0.2) is 5.11 Å². The molecule has 0 radical (unpaired) electrons. The third-order valence-electron chi connectivity index (χ3n) is 2.55. The zero-order valence-corrected chi connectivity index (χ0v) is 12.1. The Morgan fingerprint density at radius 2 is 1.57 bits per heavy atom. The van der Waals surface area contributed by atoms with Gasteiger partial charge in [0.2, 0.25) is 0 Å². The van der Waals surface area contributed by atoms with Gasteiger partial charge in [0.05, 0.1) is 5.56 Å². The van der Waals surface area contributed by atoms with Crippen LogP contribution in [0.5, 0.6) is 0 Å². The molecule has 0 unspecified atom stereocenters. The molecule has 2 rings (SSSR count).